The minimum absolute atomic E-state index is 0.126. The minimum Gasteiger partial charge on any atom is -0.441 e. The zero-order chi connectivity index (χ0) is 17.2. The second-order valence-electron chi connectivity index (χ2n) is 8.39. The van der Waals surface area contributed by atoms with E-state index in [9.17, 15) is 4.79 Å². The van der Waals surface area contributed by atoms with Gasteiger partial charge in [-0.05, 0) is 12.3 Å². The fourth-order valence-electron chi connectivity index (χ4n) is 4.33. The number of likely N-dealkylation sites (N-methyl/N-ethyl adjacent to an activating group) is 1. The van der Waals surface area contributed by atoms with E-state index in [1.165, 1.54) is 0 Å². The molecule has 3 heterocycles. The average Bonchev–Trinajstić information content (AvgIpc) is 2.86. The highest BCUT2D eigenvalue weighted by atomic mass is 16.6. The van der Waals surface area contributed by atoms with Crippen LogP contribution in [0.5, 0.6) is 0 Å². The predicted molar refractivity (Wildman–Crippen MR) is 93.2 cm³/mol. The molecule has 24 heavy (non-hydrogen) atoms. The summed E-state index contributed by atoms with van der Waals surface area (Å²) in [5.41, 5.74) is 0.0432. The number of hydrogen-bond donors (Lipinski definition) is 0. The quantitative estimate of drug-likeness (QED) is 0.762. The van der Waals surface area contributed by atoms with E-state index in [0.29, 0.717) is 0 Å². The van der Waals surface area contributed by atoms with Gasteiger partial charge in [-0.2, -0.15) is 0 Å². The molecular weight excluding hydrogens is 306 g/mol. The van der Waals surface area contributed by atoms with Gasteiger partial charge in [0.1, 0.15) is 5.60 Å². The van der Waals surface area contributed by atoms with Gasteiger partial charge in [-0.15, -0.1) is 0 Å². The Hall–Kier alpha value is -0.850. The van der Waals surface area contributed by atoms with Crippen molar-refractivity contribution in [2.24, 2.45) is 5.41 Å². The van der Waals surface area contributed by atoms with Crippen LogP contribution < -0.4 is 0 Å². The fraction of sp³-hybridized carbons (Fsp3) is 0.944. The summed E-state index contributed by atoms with van der Waals surface area (Å²) in [7, 11) is 0. The second-order valence-corrected chi connectivity index (χ2v) is 8.39. The molecule has 3 fully saturated rings. The second kappa shape index (κ2) is 7.18. The first-order valence-electron chi connectivity index (χ1n) is 9.42. The molecule has 6 heteroatoms. The zero-order valence-corrected chi connectivity index (χ0v) is 15.6. The van der Waals surface area contributed by atoms with E-state index in [2.05, 4.69) is 23.6 Å². The number of carbonyl (C=O) groups is 1. The Morgan fingerprint density at radius 1 is 1.04 bits per heavy atom. The summed E-state index contributed by atoms with van der Waals surface area (Å²) < 4.78 is 11.2. The van der Waals surface area contributed by atoms with Crippen molar-refractivity contribution < 1.29 is 14.3 Å². The van der Waals surface area contributed by atoms with Crippen molar-refractivity contribution in [1.29, 1.82) is 0 Å². The van der Waals surface area contributed by atoms with Crippen molar-refractivity contribution in [2.75, 3.05) is 65.6 Å². The molecule has 0 radical (unpaired) electrons. The molecule has 0 bridgehead atoms. The Morgan fingerprint density at radius 2 is 1.62 bits per heavy atom. The van der Waals surface area contributed by atoms with Crippen LogP contribution >= 0.6 is 0 Å². The van der Waals surface area contributed by atoms with E-state index in [1.807, 2.05) is 11.8 Å². The lowest BCUT2D eigenvalue weighted by Gasteiger charge is -2.42. The Balaban J connectivity index is 1.47. The lowest BCUT2D eigenvalue weighted by atomic mass is 9.87. The van der Waals surface area contributed by atoms with Crippen molar-refractivity contribution in [3.8, 4) is 0 Å². The number of piperidine rings is 1. The minimum atomic E-state index is -0.224. The Morgan fingerprint density at radius 3 is 2.17 bits per heavy atom. The largest absolute Gasteiger partial charge is 0.441 e. The SMILES string of the molecule is CCN1CC2(CCN(CC(C)(C)CN3CCOCC3)CC2)OC1=O. The van der Waals surface area contributed by atoms with Crippen LogP contribution in [0.1, 0.15) is 33.6 Å². The van der Waals surface area contributed by atoms with Gasteiger partial charge in [0, 0.05) is 58.7 Å². The van der Waals surface area contributed by atoms with Gasteiger partial charge in [0.15, 0.2) is 0 Å². The molecule has 0 aromatic carbocycles. The van der Waals surface area contributed by atoms with Gasteiger partial charge in [-0.3, -0.25) is 4.90 Å². The third-order valence-electron chi connectivity index (χ3n) is 5.60. The molecule has 0 unspecified atom stereocenters. The van der Waals surface area contributed by atoms with Gasteiger partial charge >= 0.3 is 6.09 Å². The molecule has 3 saturated heterocycles. The van der Waals surface area contributed by atoms with Crippen LogP contribution in [0.15, 0.2) is 0 Å². The summed E-state index contributed by atoms with van der Waals surface area (Å²) >= 11 is 0. The molecule has 0 aromatic heterocycles. The summed E-state index contributed by atoms with van der Waals surface area (Å²) in [5, 5.41) is 0. The molecule has 6 nitrogen and oxygen atoms in total. The molecule has 1 spiro atoms. The smallest absolute Gasteiger partial charge is 0.410 e. The van der Waals surface area contributed by atoms with E-state index < -0.39 is 0 Å². The van der Waals surface area contributed by atoms with Gasteiger partial charge in [-0.25, -0.2) is 4.79 Å². The molecule has 3 aliphatic heterocycles. The Bertz CT molecular complexity index is 441. The van der Waals surface area contributed by atoms with E-state index in [-0.39, 0.29) is 17.1 Å². The van der Waals surface area contributed by atoms with Crippen LogP contribution in [-0.4, -0.2) is 92.0 Å². The molecule has 0 N–H and O–H groups in total. The summed E-state index contributed by atoms with van der Waals surface area (Å²) in [6.07, 6.45) is 1.80. The van der Waals surface area contributed by atoms with Gasteiger partial charge in [0.05, 0.1) is 19.8 Å². The van der Waals surface area contributed by atoms with Crippen molar-refractivity contribution in [3.05, 3.63) is 0 Å². The summed E-state index contributed by atoms with van der Waals surface area (Å²) in [5.74, 6) is 0. The zero-order valence-electron chi connectivity index (χ0n) is 15.6. The van der Waals surface area contributed by atoms with Crippen LogP contribution in [0.2, 0.25) is 0 Å². The number of likely N-dealkylation sites (tertiary alicyclic amines) is 1. The van der Waals surface area contributed by atoms with Crippen molar-refractivity contribution in [2.45, 2.75) is 39.2 Å². The molecular formula is C18H33N3O3. The van der Waals surface area contributed by atoms with Gasteiger partial charge in [0.2, 0.25) is 0 Å². The Kier molecular flexibility index (Phi) is 5.37. The number of amides is 1. The van der Waals surface area contributed by atoms with Crippen molar-refractivity contribution >= 4 is 6.09 Å². The fourth-order valence-corrected chi connectivity index (χ4v) is 4.33. The molecule has 0 aliphatic carbocycles. The average molecular weight is 339 g/mol. The normalized spacial score (nSPS) is 26.1. The first-order valence-corrected chi connectivity index (χ1v) is 9.42. The molecule has 3 rings (SSSR count). The van der Waals surface area contributed by atoms with E-state index in [1.54, 1.807) is 0 Å². The van der Waals surface area contributed by atoms with Gasteiger partial charge < -0.3 is 19.3 Å². The van der Waals surface area contributed by atoms with E-state index in [0.717, 1.165) is 78.4 Å². The van der Waals surface area contributed by atoms with Gasteiger partial charge in [-0.1, -0.05) is 13.8 Å². The molecule has 0 atom stereocenters. The van der Waals surface area contributed by atoms with E-state index >= 15 is 0 Å². The molecule has 138 valence electrons. The lowest BCUT2D eigenvalue weighted by molar-refractivity contribution is -0.0167. The highest BCUT2D eigenvalue weighted by Gasteiger charge is 2.46. The number of hydrogen-bond acceptors (Lipinski definition) is 5. The highest BCUT2D eigenvalue weighted by Crippen LogP contribution is 2.34. The highest BCUT2D eigenvalue weighted by molar-refractivity contribution is 5.70. The molecule has 0 aromatic rings. The monoisotopic (exact) mass is 339 g/mol. The lowest BCUT2D eigenvalue weighted by Crippen LogP contribution is -2.51. The van der Waals surface area contributed by atoms with Crippen LogP contribution in [0.25, 0.3) is 0 Å². The maximum Gasteiger partial charge on any atom is 0.410 e. The summed E-state index contributed by atoms with van der Waals surface area (Å²) in [4.78, 5) is 18.8. The summed E-state index contributed by atoms with van der Waals surface area (Å²) in [6, 6.07) is 0. The van der Waals surface area contributed by atoms with Crippen molar-refractivity contribution in [1.82, 2.24) is 14.7 Å². The standard InChI is InChI=1S/C18H33N3O3/c1-4-21-15-18(24-16(21)22)5-7-19(8-6-18)13-17(2,3)14-20-9-11-23-12-10-20/h4-15H2,1-3H3. The number of nitrogens with zero attached hydrogens (tertiary/aromatic N) is 3. The first kappa shape index (κ1) is 18.0. The topological polar surface area (TPSA) is 45.2 Å². The van der Waals surface area contributed by atoms with Crippen LogP contribution in [0.3, 0.4) is 0 Å². The third kappa shape index (κ3) is 4.21. The third-order valence-corrected chi connectivity index (χ3v) is 5.60. The maximum atomic E-state index is 11.9. The van der Waals surface area contributed by atoms with Gasteiger partial charge in [0.25, 0.3) is 0 Å². The number of carbonyl (C=O) groups excluding carboxylic acids is 1. The predicted octanol–water partition coefficient (Wildman–Crippen LogP) is 1.65. The number of ether oxygens (including phenoxy) is 2. The number of rotatable bonds is 5. The molecule has 0 saturated carbocycles. The maximum absolute atomic E-state index is 11.9. The van der Waals surface area contributed by atoms with Crippen LogP contribution in [0, 0.1) is 5.41 Å². The first-order chi connectivity index (χ1) is 11.4. The summed E-state index contributed by atoms with van der Waals surface area (Å²) in [6.45, 7) is 16.4. The molecule has 3 aliphatic rings. The van der Waals surface area contributed by atoms with Crippen molar-refractivity contribution in [3.63, 3.8) is 0 Å². The van der Waals surface area contributed by atoms with Crippen LogP contribution in [-0.2, 0) is 9.47 Å². The van der Waals surface area contributed by atoms with E-state index in [4.69, 9.17) is 9.47 Å². The molecule has 1 amide bonds. The van der Waals surface area contributed by atoms with Crippen LogP contribution in [0.4, 0.5) is 4.79 Å². The Labute approximate surface area is 146 Å². The number of morpholine rings is 1.